The van der Waals surface area contributed by atoms with Crippen molar-refractivity contribution >= 4 is 22.4 Å². The minimum Gasteiger partial charge on any atom is -0.493 e. The molecule has 1 aromatic carbocycles. The van der Waals surface area contributed by atoms with Crippen LogP contribution in [0, 0.1) is 5.92 Å². The highest BCUT2D eigenvalue weighted by molar-refractivity contribution is 7.14. The van der Waals surface area contributed by atoms with Gasteiger partial charge in [0.1, 0.15) is 0 Å². The summed E-state index contributed by atoms with van der Waals surface area (Å²) in [6, 6.07) is 5.64. The number of carbonyl (C=O) groups excluding carboxylic acids is 1. The second-order valence-electron chi connectivity index (χ2n) is 5.11. The zero-order valence-electron chi connectivity index (χ0n) is 13.9. The first-order valence-electron chi connectivity index (χ1n) is 7.61. The normalized spacial score (nSPS) is 10.7. The molecule has 0 spiro atoms. The van der Waals surface area contributed by atoms with E-state index in [2.05, 4.69) is 10.3 Å². The first-order chi connectivity index (χ1) is 11.1. The number of hydrogen-bond acceptors (Lipinski definition) is 5. The van der Waals surface area contributed by atoms with Crippen molar-refractivity contribution in [2.24, 2.45) is 5.92 Å². The molecule has 23 heavy (non-hydrogen) atoms. The summed E-state index contributed by atoms with van der Waals surface area (Å²) in [4.78, 5) is 16.6. The summed E-state index contributed by atoms with van der Waals surface area (Å²) in [7, 11) is 3.20. The number of thiazole rings is 1. The highest BCUT2D eigenvalue weighted by atomic mass is 32.1. The van der Waals surface area contributed by atoms with E-state index in [0.29, 0.717) is 16.6 Å². The van der Waals surface area contributed by atoms with Crippen LogP contribution in [-0.2, 0) is 4.79 Å². The Balaban J connectivity index is 2.17. The van der Waals surface area contributed by atoms with Crippen LogP contribution in [-0.4, -0.2) is 25.1 Å². The third-order valence-electron chi connectivity index (χ3n) is 3.77. The summed E-state index contributed by atoms with van der Waals surface area (Å²) >= 11 is 1.42. The highest BCUT2D eigenvalue weighted by Crippen LogP contribution is 2.33. The van der Waals surface area contributed by atoms with Gasteiger partial charge >= 0.3 is 0 Å². The first-order valence-corrected chi connectivity index (χ1v) is 8.49. The molecule has 5 nitrogen and oxygen atoms in total. The van der Waals surface area contributed by atoms with Gasteiger partial charge in [-0.15, -0.1) is 11.3 Å². The van der Waals surface area contributed by atoms with Crippen molar-refractivity contribution < 1.29 is 14.3 Å². The van der Waals surface area contributed by atoms with Crippen LogP contribution in [0.15, 0.2) is 23.6 Å². The third-order valence-corrected chi connectivity index (χ3v) is 4.53. The van der Waals surface area contributed by atoms with E-state index in [1.807, 2.05) is 37.4 Å². The standard InChI is InChI=1S/C17H22N2O3S/c1-5-11(6-2)16(20)19-17-18-13(10-23-17)12-7-8-14(21-3)15(9-12)22-4/h7-11H,5-6H2,1-4H3,(H,18,19,20). The number of hydrogen-bond donors (Lipinski definition) is 1. The van der Waals surface area contributed by atoms with Crippen LogP contribution in [0.25, 0.3) is 11.3 Å². The number of nitrogens with one attached hydrogen (secondary N) is 1. The Hall–Kier alpha value is -2.08. The zero-order chi connectivity index (χ0) is 16.8. The molecule has 0 aliphatic carbocycles. The zero-order valence-corrected chi connectivity index (χ0v) is 14.7. The van der Waals surface area contributed by atoms with Crippen molar-refractivity contribution in [3.63, 3.8) is 0 Å². The lowest BCUT2D eigenvalue weighted by atomic mass is 10.0. The molecule has 0 aliphatic heterocycles. The van der Waals surface area contributed by atoms with Crippen molar-refractivity contribution in [3.05, 3.63) is 23.6 Å². The van der Waals surface area contributed by atoms with E-state index in [1.54, 1.807) is 14.2 Å². The molecule has 0 fully saturated rings. The van der Waals surface area contributed by atoms with E-state index in [0.717, 1.165) is 24.1 Å². The molecule has 0 saturated carbocycles. The molecule has 0 saturated heterocycles. The second-order valence-corrected chi connectivity index (χ2v) is 5.97. The molecule has 2 rings (SSSR count). The van der Waals surface area contributed by atoms with Crippen LogP contribution >= 0.6 is 11.3 Å². The van der Waals surface area contributed by atoms with Crippen LogP contribution in [0.5, 0.6) is 11.5 Å². The minimum atomic E-state index is 0.0308. The number of ether oxygens (including phenoxy) is 2. The molecule has 2 aromatic rings. The Labute approximate surface area is 140 Å². The van der Waals surface area contributed by atoms with E-state index in [1.165, 1.54) is 11.3 Å². The Kier molecular flexibility index (Phi) is 5.98. The quantitative estimate of drug-likeness (QED) is 0.824. The van der Waals surface area contributed by atoms with Gasteiger partial charge in [-0.3, -0.25) is 4.79 Å². The summed E-state index contributed by atoms with van der Waals surface area (Å²) in [5, 5.41) is 5.44. The molecule has 1 N–H and O–H groups in total. The fourth-order valence-electron chi connectivity index (χ4n) is 2.33. The van der Waals surface area contributed by atoms with Gasteiger partial charge in [0.25, 0.3) is 0 Å². The Bertz CT molecular complexity index is 666. The molecule has 124 valence electrons. The average Bonchev–Trinajstić information content (AvgIpc) is 3.03. The SMILES string of the molecule is CCC(CC)C(=O)Nc1nc(-c2ccc(OC)c(OC)c2)cs1. The van der Waals surface area contributed by atoms with Crippen molar-refractivity contribution in [2.45, 2.75) is 26.7 Å². The topological polar surface area (TPSA) is 60.5 Å². The number of rotatable bonds is 7. The van der Waals surface area contributed by atoms with Gasteiger partial charge in [-0.1, -0.05) is 13.8 Å². The third kappa shape index (κ3) is 4.01. The molecular formula is C17H22N2O3S. The van der Waals surface area contributed by atoms with Crippen molar-refractivity contribution in [1.29, 1.82) is 0 Å². The average molecular weight is 334 g/mol. The summed E-state index contributed by atoms with van der Waals surface area (Å²) in [6.45, 7) is 4.04. The lowest BCUT2D eigenvalue weighted by molar-refractivity contribution is -0.120. The van der Waals surface area contributed by atoms with E-state index in [4.69, 9.17) is 9.47 Å². The van der Waals surface area contributed by atoms with Crippen LogP contribution in [0.4, 0.5) is 5.13 Å². The summed E-state index contributed by atoms with van der Waals surface area (Å²) < 4.78 is 10.5. The van der Waals surface area contributed by atoms with Crippen LogP contribution < -0.4 is 14.8 Å². The maximum Gasteiger partial charge on any atom is 0.229 e. The van der Waals surface area contributed by atoms with Gasteiger partial charge in [-0.05, 0) is 31.0 Å². The second kappa shape index (κ2) is 7.97. The number of methoxy groups -OCH3 is 2. The van der Waals surface area contributed by atoms with Gasteiger partial charge in [-0.25, -0.2) is 4.98 Å². The maximum absolute atomic E-state index is 12.1. The molecular weight excluding hydrogens is 312 g/mol. The highest BCUT2D eigenvalue weighted by Gasteiger charge is 2.16. The summed E-state index contributed by atoms with van der Waals surface area (Å²) in [5.41, 5.74) is 1.72. The molecule has 1 amide bonds. The van der Waals surface area contributed by atoms with E-state index in [-0.39, 0.29) is 11.8 Å². The number of aromatic nitrogens is 1. The van der Waals surface area contributed by atoms with E-state index < -0.39 is 0 Å². The van der Waals surface area contributed by atoms with Gasteiger partial charge in [0, 0.05) is 16.9 Å². The molecule has 0 bridgehead atoms. The Morgan fingerprint density at radius 3 is 2.52 bits per heavy atom. The molecule has 0 atom stereocenters. The minimum absolute atomic E-state index is 0.0308. The van der Waals surface area contributed by atoms with Gasteiger partial charge in [0.2, 0.25) is 5.91 Å². The van der Waals surface area contributed by atoms with Gasteiger partial charge in [0.05, 0.1) is 19.9 Å². The largest absolute Gasteiger partial charge is 0.493 e. The molecule has 1 aromatic heterocycles. The van der Waals surface area contributed by atoms with Gasteiger partial charge < -0.3 is 14.8 Å². The lowest BCUT2D eigenvalue weighted by Gasteiger charge is -2.10. The van der Waals surface area contributed by atoms with Crippen LogP contribution in [0.1, 0.15) is 26.7 Å². The van der Waals surface area contributed by atoms with Crippen molar-refractivity contribution in [3.8, 4) is 22.8 Å². The van der Waals surface area contributed by atoms with Crippen molar-refractivity contribution in [2.75, 3.05) is 19.5 Å². The predicted molar refractivity (Wildman–Crippen MR) is 93.4 cm³/mol. The monoisotopic (exact) mass is 334 g/mol. The summed E-state index contributed by atoms with van der Waals surface area (Å²) in [5.74, 6) is 1.39. The lowest BCUT2D eigenvalue weighted by Crippen LogP contribution is -2.21. The smallest absolute Gasteiger partial charge is 0.229 e. The van der Waals surface area contributed by atoms with E-state index in [9.17, 15) is 4.79 Å². The fourth-order valence-corrected chi connectivity index (χ4v) is 3.05. The van der Waals surface area contributed by atoms with Crippen molar-refractivity contribution in [1.82, 2.24) is 4.98 Å². The number of anilines is 1. The number of amides is 1. The molecule has 0 radical (unpaired) electrons. The van der Waals surface area contributed by atoms with Gasteiger partial charge in [0.15, 0.2) is 16.6 Å². The predicted octanol–water partition coefficient (Wildman–Crippen LogP) is 4.20. The molecule has 1 heterocycles. The molecule has 0 aliphatic rings. The number of nitrogens with zero attached hydrogens (tertiary/aromatic N) is 1. The Morgan fingerprint density at radius 1 is 1.22 bits per heavy atom. The summed E-state index contributed by atoms with van der Waals surface area (Å²) in [6.07, 6.45) is 1.66. The first kappa shape index (κ1) is 17.3. The van der Waals surface area contributed by atoms with Crippen LogP contribution in [0.2, 0.25) is 0 Å². The van der Waals surface area contributed by atoms with Gasteiger partial charge in [-0.2, -0.15) is 0 Å². The fraction of sp³-hybridized carbons (Fsp3) is 0.412. The molecule has 6 heteroatoms. The van der Waals surface area contributed by atoms with E-state index >= 15 is 0 Å². The molecule has 0 unspecified atom stereocenters. The number of carbonyl (C=O) groups is 1. The maximum atomic E-state index is 12.1. The van der Waals surface area contributed by atoms with Crippen LogP contribution in [0.3, 0.4) is 0 Å². The Morgan fingerprint density at radius 2 is 1.91 bits per heavy atom. The number of benzene rings is 1.